The number of rotatable bonds is 5. The van der Waals surface area contributed by atoms with Crippen LogP contribution in [0, 0.1) is 0 Å². The maximum atomic E-state index is 5.75. The van der Waals surface area contributed by atoms with Crippen LogP contribution in [0.5, 0.6) is 11.5 Å². The summed E-state index contributed by atoms with van der Waals surface area (Å²) >= 11 is 0. The monoisotopic (exact) mass is 392 g/mol. The summed E-state index contributed by atoms with van der Waals surface area (Å²) in [6.07, 6.45) is 5.74. The molecule has 0 aliphatic carbocycles. The zero-order valence-corrected chi connectivity index (χ0v) is 16.2. The second kappa shape index (κ2) is 8.23. The average Bonchev–Trinajstić information content (AvgIpc) is 3.26. The normalized spacial score (nSPS) is 17.8. The summed E-state index contributed by atoms with van der Waals surface area (Å²) < 4.78 is 19.2. The highest BCUT2D eigenvalue weighted by atomic mass is 16.6. The van der Waals surface area contributed by atoms with E-state index in [1.165, 1.54) is 0 Å². The van der Waals surface area contributed by atoms with Crippen LogP contribution in [0.4, 0.5) is 0 Å². The Morgan fingerprint density at radius 2 is 1.76 bits per heavy atom. The summed E-state index contributed by atoms with van der Waals surface area (Å²) in [6, 6.07) is 12.3. The summed E-state index contributed by atoms with van der Waals surface area (Å²) in [5.41, 5.74) is 2.08. The first kappa shape index (κ1) is 18.1. The van der Waals surface area contributed by atoms with Gasteiger partial charge in [0.05, 0.1) is 24.9 Å². The molecule has 2 aliphatic heterocycles. The van der Waals surface area contributed by atoms with Gasteiger partial charge < -0.3 is 18.8 Å². The average molecular weight is 392 g/mol. The highest BCUT2D eigenvalue weighted by Gasteiger charge is 2.25. The van der Waals surface area contributed by atoms with Gasteiger partial charge >= 0.3 is 0 Å². The van der Waals surface area contributed by atoms with E-state index >= 15 is 0 Å². The molecule has 7 heteroatoms. The van der Waals surface area contributed by atoms with Crippen LogP contribution in [0.2, 0.25) is 0 Å². The minimum Gasteiger partial charge on any atom is -0.486 e. The maximum Gasteiger partial charge on any atom is 0.162 e. The maximum absolute atomic E-state index is 5.75. The van der Waals surface area contributed by atoms with Crippen molar-refractivity contribution in [2.75, 3.05) is 39.5 Å². The van der Waals surface area contributed by atoms with Crippen LogP contribution >= 0.6 is 0 Å². The van der Waals surface area contributed by atoms with Crippen molar-refractivity contribution in [3.63, 3.8) is 0 Å². The fourth-order valence-electron chi connectivity index (χ4n) is 3.94. The smallest absolute Gasteiger partial charge is 0.162 e. The molecule has 1 aromatic carbocycles. The molecule has 4 heterocycles. The van der Waals surface area contributed by atoms with Crippen molar-refractivity contribution in [3.05, 3.63) is 60.7 Å². The molecule has 3 aromatic rings. The highest BCUT2D eigenvalue weighted by Crippen LogP contribution is 2.34. The van der Waals surface area contributed by atoms with E-state index in [1.54, 1.807) is 0 Å². The first-order valence-electron chi connectivity index (χ1n) is 10.0. The molecule has 150 valence electrons. The van der Waals surface area contributed by atoms with Gasteiger partial charge in [-0.05, 0) is 30.3 Å². The molecule has 7 nitrogen and oxygen atoms in total. The third-order valence-corrected chi connectivity index (χ3v) is 5.40. The number of morpholine rings is 1. The summed E-state index contributed by atoms with van der Waals surface area (Å²) in [7, 11) is 0. The van der Waals surface area contributed by atoms with E-state index in [4.69, 9.17) is 14.2 Å². The number of aromatic nitrogens is 3. The fraction of sp³-hybridized carbons (Fsp3) is 0.364. The largest absolute Gasteiger partial charge is 0.486 e. The summed E-state index contributed by atoms with van der Waals surface area (Å²) in [4.78, 5) is 11.7. The summed E-state index contributed by atoms with van der Waals surface area (Å²) in [6.45, 7) is 5.23. The molecule has 29 heavy (non-hydrogen) atoms. The number of nitrogens with zero attached hydrogens (tertiary/aromatic N) is 4. The molecule has 0 N–H and O–H groups in total. The molecule has 2 aliphatic rings. The van der Waals surface area contributed by atoms with Crippen molar-refractivity contribution in [1.82, 2.24) is 19.4 Å². The summed E-state index contributed by atoms with van der Waals surface area (Å²) in [5.74, 6) is 2.48. The van der Waals surface area contributed by atoms with E-state index in [2.05, 4.69) is 25.5 Å². The number of hydrogen-bond acceptors (Lipinski definition) is 6. The molecule has 0 saturated carbocycles. The van der Waals surface area contributed by atoms with Gasteiger partial charge in [-0.25, -0.2) is 4.98 Å². The van der Waals surface area contributed by atoms with E-state index in [0.717, 1.165) is 61.4 Å². The zero-order valence-electron chi connectivity index (χ0n) is 16.2. The van der Waals surface area contributed by atoms with Crippen molar-refractivity contribution < 1.29 is 14.2 Å². The Balaban J connectivity index is 1.45. The molecule has 5 rings (SSSR count). The van der Waals surface area contributed by atoms with Gasteiger partial charge in [0.15, 0.2) is 11.5 Å². The number of benzene rings is 1. The lowest BCUT2D eigenvalue weighted by Gasteiger charge is -2.34. The first-order chi connectivity index (χ1) is 14.4. The van der Waals surface area contributed by atoms with E-state index in [1.807, 2.05) is 48.9 Å². The second-order valence-corrected chi connectivity index (χ2v) is 7.18. The molecule has 0 unspecified atom stereocenters. The summed E-state index contributed by atoms with van der Waals surface area (Å²) in [5, 5.41) is 0. The molecule has 2 aromatic heterocycles. The number of pyridine rings is 1. The number of ether oxygens (including phenoxy) is 3. The van der Waals surface area contributed by atoms with Crippen LogP contribution in [0.25, 0.3) is 11.4 Å². The van der Waals surface area contributed by atoms with Gasteiger partial charge in [0.25, 0.3) is 0 Å². The topological polar surface area (TPSA) is 61.6 Å². The van der Waals surface area contributed by atoms with Crippen molar-refractivity contribution in [3.8, 4) is 22.9 Å². The van der Waals surface area contributed by atoms with Crippen molar-refractivity contribution in [2.45, 2.75) is 12.6 Å². The van der Waals surface area contributed by atoms with Crippen LogP contribution in [-0.4, -0.2) is 59.0 Å². The second-order valence-electron chi connectivity index (χ2n) is 7.18. The lowest BCUT2D eigenvalue weighted by Crippen LogP contribution is -2.41. The van der Waals surface area contributed by atoms with E-state index in [-0.39, 0.29) is 6.04 Å². The van der Waals surface area contributed by atoms with Gasteiger partial charge in [-0.15, -0.1) is 0 Å². The van der Waals surface area contributed by atoms with Crippen LogP contribution in [0.1, 0.15) is 11.7 Å². The molecule has 1 fully saturated rings. The van der Waals surface area contributed by atoms with Gasteiger partial charge in [0.1, 0.15) is 19.0 Å². The SMILES string of the molecule is c1ccc([C@@H](Cn2ccnc2-c2ccc3c(c2)OCCO3)N2CCOCC2)nc1. The molecule has 1 atom stereocenters. The van der Waals surface area contributed by atoms with Crippen LogP contribution in [0.15, 0.2) is 55.0 Å². The Morgan fingerprint density at radius 3 is 2.59 bits per heavy atom. The van der Waals surface area contributed by atoms with Gasteiger partial charge in [0.2, 0.25) is 0 Å². The lowest BCUT2D eigenvalue weighted by atomic mass is 10.1. The molecule has 0 bridgehead atoms. The Kier molecular flexibility index (Phi) is 5.15. The predicted octanol–water partition coefficient (Wildman–Crippen LogP) is 2.79. The number of fused-ring (bicyclic) bond motifs is 1. The van der Waals surface area contributed by atoms with Gasteiger partial charge in [-0.3, -0.25) is 9.88 Å². The number of imidazole rings is 1. The Morgan fingerprint density at radius 1 is 0.897 bits per heavy atom. The predicted molar refractivity (Wildman–Crippen MR) is 108 cm³/mol. The third-order valence-electron chi connectivity index (χ3n) is 5.40. The van der Waals surface area contributed by atoms with Crippen molar-refractivity contribution in [1.29, 1.82) is 0 Å². The molecular formula is C22H24N4O3. The van der Waals surface area contributed by atoms with Gasteiger partial charge in [0, 0.05) is 43.8 Å². The standard InChI is InChI=1S/C22H24N4O3/c1-2-6-23-18(3-1)19(25-9-11-27-12-10-25)16-26-8-7-24-22(26)17-4-5-20-21(15-17)29-14-13-28-20/h1-8,15,19H,9-14,16H2/t19-/m1/s1. The van der Waals surface area contributed by atoms with E-state index in [9.17, 15) is 0 Å². The lowest BCUT2D eigenvalue weighted by molar-refractivity contribution is 0.0115. The molecule has 0 amide bonds. The van der Waals surface area contributed by atoms with Crippen LogP contribution < -0.4 is 9.47 Å². The molecular weight excluding hydrogens is 368 g/mol. The van der Waals surface area contributed by atoms with E-state index < -0.39 is 0 Å². The zero-order chi connectivity index (χ0) is 19.5. The Hall–Kier alpha value is -2.90. The van der Waals surface area contributed by atoms with Crippen LogP contribution in [-0.2, 0) is 11.3 Å². The van der Waals surface area contributed by atoms with Crippen LogP contribution in [0.3, 0.4) is 0 Å². The third kappa shape index (κ3) is 3.83. The van der Waals surface area contributed by atoms with E-state index in [0.29, 0.717) is 13.2 Å². The van der Waals surface area contributed by atoms with Crippen molar-refractivity contribution >= 4 is 0 Å². The minimum atomic E-state index is 0.158. The molecule has 1 saturated heterocycles. The fourth-order valence-corrected chi connectivity index (χ4v) is 3.94. The minimum absolute atomic E-state index is 0.158. The molecule has 0 radical (unpaired) electrons. The highest BCUT2D eigenvalue weighted by molar-refractivity contribution is 5.61. The Labute approximate surface area is 169 Å². The van der Waals surface area contributed by atoms with Crippen molar-refractivity contribution in [2.24, 2.45) is 0 Å². The number of hydrogen-bond donors (Lipinski definition) is 0. The molecule has 0 spiro atoms. The van der Waals surface area contributed by atoms with Gasteiger partial charge in [-0.2, -0.15) is 0 Å². The first-order valence-corrected chi connectivity index (χ1v) is 10.0. The Bertz CT molecular complexity index is 954. The van der Waals surface area contributed by atoms with Gasteiger partial charge in [-0.1, -0.05) is 6.07 Å². The quantitative estimate of drug-likeness (QED) is 0.665.